The maximum absolute atomic E-state index is 11.5. The van der Waals surface area contributed by atoms with E-state index >= 15 is 0 Å². The first-order valence-corrected chi connectivity index (χ1v) is 12.6. The topological polar surface area (TPSA) is 25.5 Å². The van der Waals surface area contributed by atoms with E-state index in [9.17, 15) is 35.1 Å². The van der Waals surface area contributed by atoms with Crippen molar-refractivity contribution in [3.05, 3.63) is 70.0 Å². The van der Waals surface area contributed by atoms with Crippen LogP contribution in [0.2, 0.25) is 0 Å². The number of aryl methyl sites for hydroxylation is 2. The summed E-state index contributed by atoms with van der Waals surface area (Å²) in [4.78, 5) is 4.05. The van der Waals surface area contributed by atoms with Crippen LogP contribution in [0.3, 0.4) is 0 Å². The van der Waals surface area contributed by atoms with Gasteiger partial charge in [0.15, 0.2) is 0 Å². The molecular formula is C31H51F8NO. The summed E-state index contributed by atoms with van der Waals surface area (Å²) in [7, 11) is 0. The summed E-state index contributed by atoms with van der Waals surface area (Å²) in [5.41, 5.74) is 3.59. The van der Waals surface area contributed by atoms with E-state index < -0.39 is 23.8 Å². The molecule has 1 aromatic heterocycles. The van der Waals surface area contributed by atoms with Crippen molar-refractivity contribution in [3.8, 4) is 0 Å². The summed E-state index contributed by atoms with van der Waals surface area (Å²) in [5, 5.41) is 0. The molecule has 0 radical (unpaired) electrons. The Morgan fingerprint density at radius 3 is 1.41 bits per heavy atom. The third kappa shape index (κ3) is 35.3. The monoisotopic (exact) mass is 605 g/mol. The van der Waals surface area contributed by atoms with Gasteiger partial charge in [0.25, 0.3) is 6.08 Å². The fraction of sp³-hybridized carbons (Fsp3) is 0.581. The second-order valence-electron chi connectivity index (χ2n) is 8.76. The Hall–Kier alpha value is -2.65. The zero-order valence-corrected chi connectivity index (χ0v) is 25.9. The Labute approximate surface area is 243 Å². The van der Waals surface area contributed by atoms with Crippen LogP contribution in [0.5, 0.6) is 0 Å². The van der Waals surface area contributed by atoms with Crippen LogP contribution < -0.4 is 0 Å². The molecule has 0 spiro atoms. The van der Waals surface area contributed by atoms with Gasteiger partial charge in [-0.3, -0.25) is 4.99 Å². The van der Waals surface area contributed by atoms with E-state index in [2.05, 4.69) is 18.8 Å². The van der Waals surface area contributed by atoms with Gasteiger partial charge in [0.2, 0.25) is 5.92 Å². The predicted molar refractivity (Wildman–Crippen MR) is 159 cm³/mol. The van der Waals surface area contributed by atoms with E-state index in [0.29, 0.717) is 6.42 Å². The summed E-state index contributed by atoms with van der Waals surface area (Å²) in [6, 6.07) is 1.95. The molecule has 1 aliphatic rings. The standard InChI is InChI=1S/C6H9N.C6H8O.C5H7F3.C5H8F2.C4H8F2.C4H7F.CH4/c1-5-3-7-4-6(5)2;1-5-3-4-7-6(5)2;1-3-4(2)5(6,7)8;1-3-4(2)5(6)7;1-3-4(2,5)6;1-3-4(2)5;/h3H,4H2,1-2H3;3-4H,1-2H3;3H,1-2H3;3H2,1-2H3;3H2,1-2H3;3H,1-2H3;1H4/b;;4-3+;;;4-3+;. The number of halogens is 8. The molecule has 1 aliphatic heterocycles. The normalized spacial score (nSPS) is 12.4. The first-order valence-electron chi connectivity index (χ1n) is 12.6. The lowest BCUT2D eigenvalue weighted by atomic mass is 10.2. The molecule has 0 N–H and O–H groups in total. The number of nitrogens with zero attached hydrogens (tertiary/aromatic N) is 1. The number of hydrogen-bond acceptors (Lipinski definition) is 2. The van der Waals surface area contributed by atoms with Crippen molar-refractivity contribution >= 4 is 6.21 Å². The minimum absolute atomic E-state index is 0. The Kier molecular flexibility index (Phi) is 30.8. The second-order valence-corrected chi connectivity index (χ2v) is 8.76. The van der Waals surface area contributed by atoms with Crippen LogP contribution in [0.4, 0.5) is 35.1 Å². The largest absolute Gasteiger partial charge is 0.469 e. The van der Waals surface area contributed by atoms with Gasteiger partial charge in [-0.05, 0) is 104 Å². The van der Waals surface area contributed by atoms with Gasteiger partial charge in [0.05, 0.1) is 18.6 Å². The van der Waals surface area contributed by atoms with Gasteiger partial charge in [-0.1, -0.05) is 33.4 Å². The SMILES string of the molecule is C.C/C=C(\C)C(F)(F)F.C/C=C(\C)F.CC1=C(C)CN=C1.CCC(C)(F)F.CCC(C)=C(F)F.Cc1ccoc1C. The van der Waals surface area contributed by atoms with Crippen LogP contribution in [-0.2, 0) is 0 Å². The lowest BCUT2D eigenvalue weighted by molar-refractivity contribution is -0.0914. The van der Waals surface area contributed by atoms with Crippen LogP contribution in [-0.4, -0.2) is 24.9 Å². The highest BCUT2D eigenvalue weighted by molar-refractivity contribution is 5.81. The average Bonchev–Trinajstić information content (AvgIpc) is 3.44. The maximum Gasteiger partial charge on any atom is 0.412 e. The van der Waals surface area contributed by atoms with E-state index in [1.165, 1.54) is 50.5 Å². The zero-order chi connectivity index (χ0) is 32.7. The van der Waals surface area contributed by atoms with Gasteiger partial charge in [0.1, 0.15) is 5.76 Å². The molecule has 0 amide bonds. The van der Waals surface area contributed by atoms with Gasteiger partial charge in [0, 0.05) is 18.2 Å². The lowest BCUT2D eigenvalue weighted by Gasteiger charge is -2.03. The molecule has 2 rings (SSSR count). The number of aliphatic imine (C=N–C) groups is 1. The molecule has 10 heteroatoms. The van der Waals surface area contributed by atoms with Gasteiger partial charge in [-0.2, -0.15) is 22.0 Å². The summed E-state index contributed by atoms with van der Waals surface area (Å²) in [5.74, 6) is -1.56. The molecule has 0 saturated heterocycles. The summed E-state index contributed by atoms with van der Waals surface area (Å²) >= 11 is 0. The van der Waals surface area contributed by atoms with Gasteiger partial charge in [-0.15, -0.1) is 0 Å². The smallest absolute Gasteiger partial charge is 0.412 e. The molecule has 0 aromatic carbocycles. The minimum Gasteiger partial charge on any atom is -0.469 e. The highest BCUT2D eigenvalue weighted by Gasteiger charge is 2.28. The quantitative estimate of drug-likeness (QED) is 0.243. The molecule has 0 fully saturated rings. The van der Waals surface area contributed by atoms with Crippen LogP contribution >= 0.6 is 0 Å². The third-order valence-electron chi connectivity index (χ3n) is 5.16. The lowest BCUT2D eigenvalue weighted by Crippen LogP contribution is -2.07. The molecule has 41 heavy (non-hydrogen) atoms. The molecule has 0 unspecified atom stereocenters. The summed E-state index contributed by atoms with van der Waals surface area (Å²) < 4.78 is 95.9. The molecule has 2 heterocycles. The fourth-order valence-electron chi connectivity index (χ4n) is 1.30. The number of alkyl halides is 5. The maximum atomic E-state index is 11.5. The van der Waals surface area contributed by atoms with Crippen molar-refractivity contribution in [1.29, 1.82) is 0 Å². The molecular weight excluding hydrogens is 554 g/mol. The average molecular weight is 606 g/mol. The number of allylic oxidation sites excluding steroid dienone is 6. The molecule has 0 bridgehead atoms. The molecule has 0 saturated carbocycles. The first kappa shape index (κ1) is 48.1. The number of hydrogen-bond donors (Lipinski definition) is 0. The summed E-state index contributed by atoms with van der Waals surface area (Å²) in [6.07, 6.45) is 0.798. The van der Waals surface area contributed by atoms with Crippen LogP contribution in [0.1, 0.15) is 101 Å². The Balaban J connectivity index is -0.000000127. The first-order chi connectivity index (χ1) is 18.1. The highest BCUT2D eigenvalue weighted by atomic mass is 19.4. The second kappa shape index (κ2) is 26.3. The van der Waals surface area contributed by atoms with Gasteiger partial charge in [-0.25, -0.2) is 13.2 Å². The van der Waals surface area contributed by atoms with Gasteiger partial charge >= 0.3 is 6.18 Å². The van der Waals surface area contributed by atoms with Crippen molar-refractivity contribution < 1.29 is 39.5 Å². The molecule has 2 nitrogen and oxygen atoms in total. The molecule has 242 valence electrons. The predicted octanol–water partition coefficient (Wildman–Crippen LogP) is 13.0. The number of rotatable bonds is 2. The van der Waals surface area contributed by atoms with E-state index in [1.807, 2.05) is 26.1 Å². The van der Waals surface area contributed by atoms with E-state index in [1.54, 1.807) is 20.1 Å². The zero-order valence-electron chi connectivity index (χ0n) is 25.9. The van der Waals surface area contributed by atoms with E-state index in [-0.39, 0.29) is 25.2 Å². The summed E-state index contributed by atoms with van der Waals surface area (Å²) in [6.45, 7) is 20.1. The Bertz CT molecular complexity index is 920. The van der Waals surface area contributed by atoms with Crippen molar-refractivity contribution in [2.45, 2.75) is 115 Å². The minimum atomic E-state index is -4.13. The molecule has 0 aliphatic carbocycles. The Morgan fingerprint density at radius 2 is 1.37 bits per heavy atom. The fourth-order valence-corrected chi connectivity index (χ4v) is 1.30. The third-order valence-corrected chi connectivity index (χ3v) is 5.16. The van der Waals surface area contributed by atoms with Crippen LogP contribution in [0.25, 0.3) is 0 Å². The van der Waals surface area contributed by atoms with E-state index in [0.717, 1.165) is 32.2 Å². The van der Waals surface area contributed by atoms with Crippen molar-refractivity contribution in [1.82, 2.24) is 0 Å². The van der Waals surface area contributed by atoms with Crippen molar-refractivity contribution in [2.24, 2.45) is 4.99 Å². The highest BCUT2D eigenvalue weighted by Crippen LogP contribution is 2.24. The Morgan fingerprint density at radius 1 is 0.927 bits per heavy atom. The van der Waals surface area contributed by atoms with Crippen LogP contribution in [0.15, 0.2) is 68.1 Å². The van der Waals surface area contributed by atoms with Gasteiger partial charge < -0.3 is 4.42 Å². The molecule has 0 atom stereocenters. The molecule has 1 aromatic rings. The van der Waals surface area contributed by atoms with Crippen molar-refractivity contribution in [2.75, 3.05) is 6.54 Å². The van der Waals surface area contributed by atoms with E-state index in [4.69, 9.17) is 4.42 Å². The number of furan rings is 1. The van der Waals surface area contributed by atoms with Crippen molar-refractivity contribution in [3.63, 3.8) is 0 Å². The van der Waals surface area contributed by atoms with Crippen LogP contribution in [0, 0.1) is 13.8 Å².